The van der Waals surface area contributed by atoms with Crippen LogP contribution in [-0.2, 0) is 0 Å². The van der Waals surface area contributed by atoms with E-state index < -0.39 is 11.0 Å². The van der Waals surface area contributed by atoms with Gasteiger partial charge in [0.15, 0.2) is 0 Å². The fourth-order valence-electron chi connectivity index (χ4n) is 3.87. The molecule has 2 fully saturated rings. The molecular formula is C14H24N2O. The zero-order valence-corrected chi connectivity index (χ0v) is 11.0. The number of nitriles is 1. The van der Waals surface area contributed by atoms with E-state index in [1.165, 1.54) is 6.42 Å². The Morgan fingerprint density at radius 2 is 2.12 bits per heavy atom. The predicted octanol–water partition coefficient (Wildman–Crippen LogP) is 2.07. The summed E-state index contributed by atoms with van der Waals surface area (Å²) in [4.78, 5) is 0. The lowest BCUT2D eigenvalue weighted by Crippen LogP contribution is -2.60. The first kappa shape index (κ1) is 12.9. The van der Waals surface area contributed by atoms with E-state index in [4.69, 9.17) is 0 Å². The molecule has 0 amide bonds. The standard InChI is InChI=1S/C14H24N2O/c1-11-4-3-5-13(8-11,10-15)14(17)6-7-16-9-12(14)2/h11-12,16-17H,3-9H2,1-2H3. The molecule has 1 aliphatic heterocycles. The summed E-state index contributed by atoms with van der Waals surface area (Å²) in [6.45, 7) is 5.94. The van der Waals surface area contributed by atoms with Crippen LogP contribution in [0.2, 0.25) is 0 Å². The summed E-state index contributed by atoms with van der Waals surface area (Å²) in [7, 11) is 0. The zero-order valence-electron chi connectivity index (χ0n) is 11.0. The highest BCUT2D eigenvalue weighted by molar-refractivity contribution is 5.16. The van der Waals surface area contributed by atoms with Gasteiger partial charge < -0.3 is 10.4 Å². The summed E-state index contributed by atoms with van der Waals surface area (Å²) in [6.07, 6.45) is 4.73. The number of nitrogens with zero attached hydrogens (tertiary/aromatic N) is 1. The quantitative estimate of drug-likeness (QED) is 0.733. The number of aliphatic hydroxyl groups is 1. The van der Waals surface area contributed by atoms with E-state index in [-0.39, 0.29) is 5.92 Å². The molecule has 3 nitrogen and oxygen atoms in total. The van der Waals surface area contributed by atoms with Crippen molar-refractivity contribution < 1.29 is 5.11 Å². The lowest BCUT2D eigenvalue weighted by molar-refractivity contribution is -0.131. The first-order valence-corrected chi connectivity index (χ1v) is 6.88. The molecule has 3 heteroatoms. The van der Waals surface area contributed by atoms with Crippen molar-refractivity contribution in [3.05, 3.63) is 0 Å². The number of nitrogens with one attached hydrogen (secondary N) is 1. The monoisotopic (exact) mass is 236 g/mol. The molecule has 1 saturated carbocycles. The van der Waals surface area contributed by atoms with E-state index in [0.717, 1.165) is 32.4 Å². The summed E-state index contributed by atoms with van der Waals surface area (Å²) in [5.41, 5.74) is -1.30. The van der Waals surface area contributed by atoms with Gasteiger partial charge in [-0.15, -0.1) is 0 Å². The van der Waals surface area contributed by atoms with Crippen molar-refractivity contribution in [2.45, 2.75) is 51.6 Å². The van der Waals surface area contributed by atoms with Gasteiger partial charge in [-0.1, -0.05) is 26.7 Å². The average molecular weight is 236 g/mol. The highest BCUT2D eigenvalue weighted by Crippen LogP contribution is 2.51. The summed E-state index contributed by atoms with van der Waals surface area (Å²) >= 11 is 0. The molecule has 0 aromatic rings. The van der Waals surface area contributed by atoms with Crippen molar-refractivity contribution in [3.63, 3.8) is 0 Å². The maximum atomic E-state index is 11.1. The van der Waals surface area contributed by atoms with Gasteiger partial charge in [0.25, 0.3) is 0 Å². The molecule has 2 aliphatic rings. The Labute approximate surface area is 104 Å². The summed E-state index contributed by atoms with van der Waals surface area (Å²) < 4.78 is 0. The molecule has 4 atom stereocenters. The number of piperidine rings is 1. The predicted molar refractivity (Wildman–Crippen MR) is 67.3 cm³/mol. The van der Waals surface area contributed by atoms with E-state index in [1.54, 1.807) is 0 Å². The maximum Gasteiger partial charge on any atom is 0.0882 e. The maximum absolute atomic E-state index is 11.1. The fraction of sp³-hybridized carbons (Fsp3) is 0.929. The first-order chi connectivity index (χ1) is 8.04. The van der Waals surface area contributed by atoms with Gasteiger partial charge in [-0.2, -0.15) is 5.26 Å². The molecule has 0 aromatic heterocycles. The molecule has 0 aromatic carbocycles. The van der Waals surface area contributed by atoms with Gasteiger partial charge in [0.05, 0.1) is 17.1 Å². The van der Waals surface area contributed by atoms with Gasteiger partial charge in [-0.25, -0.2) is 0 Å². The molecule has 4 unspecified atom stereocenters. The van der Waals surface area contributed by atoms with Crippen LogP contribution >= 0.6 is 0 Å². The number of hydrogen-bond donors (Lipinski definition) is 2. The summed E-state index contributed by atoms with van der Waals surface area (Å²) in [5.74, 6) is 0.732. The molecule has 1 heterocycles. The van der Waals surface area contributed by atoms with Gasteiger partial charge in [-0.05, 0) is 37.6 Å². The molecule has 0 radical (unpaired) electrons. The van der Waals surface area contributed by atoms with E-state index in [1.807, 2.05) is 0 Å². The van der Waals surface area contributed by atoms with Gasteiger partial charge in [-0.3, -0.25) is 0 Å². The minimum absolute atomic E-state index is 0.168. The van der Waals surface area contributed by atoms with E-state index in [0.29, 0.717) is 12.3 Å². The van der Waals surface area contributed by atoms with Crippen LogP contribution in [0.1, 0.15) is 46.0 Å². The highest BCUT2D eigenvalue weighted by atomic mass is 16.3. The van der Waals surface area contributed by atoms with Gasteiger partial charge in [0, 0.05) is 6.54 Å². The molecule has 2 N–H and O–H groups in total. The normalized spacial score (nSPS) is 47.4. The second-order valence-corrected chi connectivity index (χ2v) is 6.17. The van der Waals surface area contributed by atoms with Crippen LogP contribution in [0, 0.1) is 28.6 Å². The van der Waals surface area contributed by atoms with E-state index >= 15 is 0 Å². The number of rotatable bonds is 1. The molecule has 17 heavy (non-hydrogen) atoms. The van der Waals surface area contributed by atoms with Crippen LogP contribution in [0.4, 0.5) is 0 Å². The van der Waals surface area contributed by atoms with Crippen molar-refractivity contribution in [1.29, 1.82) is 5.26 Å². The second kappa shape index (κ2) is 4.59. The lowest BCUT2D eigenvalue weighted by atomic mass is 9.56. The van der Waals surface area contributed by atoms with Crippen LogP contribution in [0.5, 0.6) is 0 Å². The Bertz CT molecular complexity index is 325. The van der Waals surface area contributed by atoms with Crippen LogP contribution < -0.4 is 5.32 Å². The van der Waals surface area contributed by atoms with E-state index in [9.17, 15) is 10.4 Å². The van der Waals surface area contributed by atoms with Crippen molar-refractivity contribution in [2.24, 2.45) is 17.3 Å². The average Bonchev–Trinajstić information content (AvgIpc) is 2.32. The second-order valence-electron chi connectivity index (χ2n) is 6.17. The Balaban J connectivity index is 2.30. The van der Waals surface area contributed by atoms with E-state index in [2.05, 4.69) is 25.2 Å². The largest absolute Gasteiger partial charge is 0.388 e. The molecule has 2 rings (SSSR count). The third-order valence-corrected chi connectivity index (χ3v) is 4.99. The van der Waals surface area contributed by atoms with Crippen LogP contribution in [0.25, 0.3) is 0 Å². The topological polar surface area (TPSA) is 56.0 Å². The molecule has 0 spiro atoms. The molecule has 96 valence electrons. The third-order valence-electron chi connectivity index (χ3n) is 4.99. The minimum Gasteiger partial charge on any atom is -0.388 e. The highest BCUT2D eigenvalue weighted by Gasteiger charge is 2.55. The van der Waals surface area contributed by atoms with Crippen LogP contribution in [-0.4, -0.2) is 23.8 Å². The van der Waals surface area contributed by atoms with Gasteiger partial charge in [0.1, 0.15) is 0 Å². The zero-order chi connectivity index (χ0) is 12.5. The summed E-state index contributed by atoms with van der Waals surface area (Å²) in [5, 5.41) is 24.0. The molecule has 1 saturated heterocycles. The fourth-order valence-corrected chi connectivity index (χ4v) is 3.87. The smallest absolute Gasteiger partial charge is 0.0882 e. The Morgan fingerprint density at radius 3 is 2.71 bits per heavy atom. The lowest BCUT2D eigenvalue weighted by Gasteiger charge is -2.51. The van der Waals surface area contributed by atoms with Crippen molar-refractivity contribution in [3.8, 4) is 6.07 Å². The Kier molecular flexibility index (Phi) is 3.47. The van der Waals surface area contributed by atoms with Crippen molar-refractivity contribution in [2.75, 3.05) is 13.1 Å². The van der Waals surface area contributed by atoms with Crippen molar-refractivity contribution >= 4 is 0 Å². The molecular weight excluding hydrogens is 212 g/mol. The number of hydrogen-bond acceptors (Lipinski definition) is 3. The Morgan fingerprint density at radius 1 is 1.35 bits per heavy atom. The van der Waals surface area contributed by atoms with Crippen molar-refractivity contribution in [1.82, 2.24) is 5.32 Å². The van der Waals surface area contributed by atoms with Gasteiger partial charge in [0.2, 0.25) is 0 Å². The first-order valence-electron chi connectivity index (χ1n) is 6.88. The van der Waals surface area contributed by atoms with Crippen LogP contribution in [0.15, 0.2) is 0 Å². The Hall–Kier alpha value is -0.590. The minimum atomic E-state index is -0.790. The molecule has 1 aliphatic carbocycles. The van der Waals surface area contributed by atoms with Gasteiger partial charge >= 0.3 is 0 Å². The third kappa shape index (κ3) is 1.98. The summed E-state index contributed by atoms with van der Waals surface area (Å²) in [6, 6.07) is 2.51. The van der Waals surface area contributed by atoms with Crippen LogP contribution in [0.3, 0.4) is 0 Å². The molecule has 0 bridgehead atoms. The SMILES string of the molecule is CC1CCCC(C#N)(C2(O)CCNCC2C)C1.